The molecule has 0 aliphatic rings. The van der Waals surface area contributed by atoms with E-state index in [2.05, 4.69) is 94.4 Å². The van der Waals surface area contributed by atoms with Crippen molar-refractivity contribution in [1.29, 1.82) is 0 Å². The van der Waals surface area contributed by atoms with E-state index >= 15 is 0 Å². The topological polar surface area (TPSA) is 0 Å². The molecule has 3 rings (SSSR count). The van der Waals surface area contributed by atoms with Gasteiger partial charge in [0, 0.05) is 5.92 Å². The first-order chi connectivity index (χ1) is 11.5. The molecule has 3 aromatic carbocycles. The molecule has 0 heteroatoms. The summed E-state index contributed by atoms with van der Waals surface area (Å²) in [5, 5.41) is 0. The molecule has 0 spiro atoms. The lowest BCUT2D eigenvalue weighted by molar-refractivity contribution is 0.794. The van der Waals surface area contributed by atoms with Crippen LogP contribution in [0.5, 0.6) is 0 Å². The minimum Gasteiger partial charge on any atom is -0.0617 e. The zero-order valence-electron chi connectivity index (χ0n) is 15.1. The van der Waals surface area contributed by atoms with Gasteiger partial charge in [-0.05, 0) is 61.9 Å². The van der Waals surface area contributed by atoms with Crippen molar-refractivity contribution in [3.63, 3.8) is 0 Å². The first-order valence-corrected chi connectivity index (χ1v) is 8.73. The summed E-state index contributed by atoms with van der Waals surface area (Å²) < 4.78 is 0. The molecule has 0 nitrogen and oxygen atoms in total. The highest BCUT2D eigenvalue weighted by Gasteiger charge is 2.17. The average Bonchev–Trinajstić information content (AvgIpc) is 2.57. The number of hydrogen-bond acceptors (Lipinski definition) is 0. The lowest BCUT2D eigenvalue weighted by atomic mass is 9.83. The molecule has 0 aliphatic carbocycles. The SMILES string of the molecule is Cc1ccc(C(Cc2c(C)cccc2C)c2ccc(C)cc2)cc1. The Morgan fingerprint density at radius 2 is 1.00 bits per heavy atom. The number of aryl methyl sites for hydroxylation is 4. The van der Waals surface area contributed by atoms with Crippen molar-refractivity contribution in [2.24, 2.45) is 0 Å². The van der Waals surface area contributed by atoms with E-state index in [1.807, 2.05) is 0 Å². The van der Waals surface area contributed by atoms with Gasteiger partial charge in [0.2, 0.25) is 0 Å². The van der Waals surface area contributed by atoms with Crippen LogP contribution in [-0.4, -0.2) is 0 Å². The second kappa shape index (κ2) is 7.05. The van der Waals surface area contributed by atoms with Crippen LogP contribution in [0.15, 0.2) is 66.7 Å². The van der Waals surface area contributed by atoms with E-state index < -0.39 is 0 Å². The van der Waals surface area contributed by atoms with E-state index in [1.165, 1.54) is 38.9 Å². The highest BCUT2D eigenvalue weighted by molar-refractivity contribution is 5.41. The molecule has 0 heterocycles. The van der Waals surface area contributed by atoms with Gasteiger partial charge in [-0.25, -0.2) is 0 Å². The van der Waals surface area contributed by atoms with Crippen LogP contribution in [0.3, 0.4) is 0 Å². The molecule has 24 heavy (non-hydrogen) atoms. The van der Waals surface area contributed by atoms with Gasteiger partial charge in [-0.1, -0.05) is 77.9 Å². The van der Waals surface area contributed by atoms with Crippen molar-refractivity contribution in [1.82, 2.24) is 0 Å². The molecule has 0 N–H and O–H groups in total. The predicted octanol–water partition coefficient (Wildman–Crippen LogP) is 6.29. The van der Waals surface area contributed by atoms with Crippen LogP contribution in [-0.2, 0) is 6.42 Å². The molecule has 0 bridgehead atoms. The van der Waals surface area contributed by atoms with Crippen LogP contribution in [0.2, 0.25) is 0 Å². The number of benzene rings is 3. The van der Waals surface area contributed by atoms with Crippen molar-refractivity contribution in [3.05, 3.63) is 106 Å². The largest absolute Gasteiger partial charge is 0.0617 e. The van der Waals surface area contributed by atoms with Crippen LogP contribution < -0.4 is 0 Å². The molecular formula is C24H26. The second-order valence-corrected chi connectivity index (χ2v) is 6.95. The molecule has 0 fully saturated rings. The second-order valence-electron chi connectivity index (χ2n) is 6.95. The van der Waals surface area contributed by atoms with Crippen LogP contribution in [0.25, 0.3) is 0 Å². The maximum absolute atomic E-state index is 2.29. The van der Waals surface area contributed by atoms with Crippen molar-refractivity contribution in [3.8, 4) is 0 Å². The summed E-state index contributed by atoms with van der Waals surface area (Å²) in [5.74, 6) is 0.394. The Bertz CT molecular complexity index is 742. The van der Waals surface area contributed by atoms with Gasteiger partial charge in [-0.2, -0.15) is 0 Å². The monoisotopic (exact) mass is 314 g/mol. The van der Waals surface area contributed by atoms with Gasteiger partial charge in [-0.15, -0.1) is 0 Å². The molecule has 0 aliphatic heterocycles. The van der Waals surface area contributed by atoms with Crippen molar-refractivity contribution < 1.29 is 0 Å². The van der Waals surface area contributed by atoms with E-state index in [9.17, 15) is 0 Å². The average molecular weight is 314 g/mol. The third-order valence-electron chi connectivity index (χ3n) is 5.01. The van der Waals surface area contributed by atoms with Crippen LogP contribution in [0.4, 0.5) is 0 Å². The van der Waals surface area contributed by atoms with Gasteiger partial charge < -0.3 is 0 Å². The van der Waals surface area contributed by atoms with E-state index in [0.717, 1.165) is 6.42 Å². The van der Waals surface area contributed by atoms with Gasteiger partial charge in [0.05, 0.1) is 0 Å². The normalized spacial score (nSPS) is 11.0. The van der Waals surface area contributed by atoms with Gasteiger partial charge in [0.15, 0.2) is 0 Å². The third-order valence-corrected chi connectivity index (χ3v) is 5.01. The molecular weight excluding hydrogens is 288 g/mol. The summed E-state index contributed by atoms with van der Waals surface area (Å²) in [6.45, 7) is 8.75. The smallest absolute Gasteiger partial charge is 0.0130 e. The molecule has 3 aromatic rings. The Morgan fingerprint density at radius 1 is 0.583 bits per heavy atom. The predicted molar refractivity (Wildman–Crippen MR) is 104 cm³/mol. The standard InChI is InChI=1S/C24H26/c1-17-8-12-21(13-9-17)24(22-14-10-18(2)11-15-22)16-23-19(3)6-5-7-20(23)4/h5-15,24H,16H2,1-4H3. The van der Waals surface area contributed by atoms with Crippen LogP contribution in [0.1, 0.15) is 44.9 Å². The van der Waals surface area contributed by atoms with Crippen LogP contribution in [0, 0.1) is 27.7 Å². The molecule has 122 valence electrons. The molecule has 0 saturated carbocycles. The molecule has 0 amide bonds. The Labute approximate surface area is 146 Å². The molecule has 0 saturated heterocycles. The van der Waals surface area contributed by atoms with E-state index in [4.69, 9.17) is 0 Å². The molecule has 0 radical (unpaired) electrons. The first kappa shape index (κ1) is 16.5. The highest BCUT2D eigenvalue weighted by Crippen LogP contribution is 2.31. The van der Waals surface area contributed by atoms with E-state index in [1.54, 1.807) is 0 Å². The Morgan fingerprint density at radius 3 is 1.42 bits per heavy atom. The zero-order valence-corrected chi connectivity index (χ0v) is 15.1. The van der Waals surface area contributed by atoms with Crippen LogP contribution >= 0.6 is 0 Å². The lowest BCUT2D eigenvalue weighted by Gasteiger charge is -2.21. The molecule has 0 unspecified atom stereocenters. The fourth-order valence-corrected chi connectivity index (χ4v) is 3.40. The Kier molecular flexibility index (Phi) is 4.85. The molecule has 0 aromatic heterocycles. The van der Waals surface area contributed by atoms with Crippen molar-refractivity contribution in [2.75, 3.05) is 0 Å². The van der Waals surface area contributed by atoms with E-state index in [-0.39, 0.29) is 0 Å². The fraction of sp³-hybridized carbons (Fsp3) is 0.250. The quantitative estimate of drug-likeness (QED) is 0.530. The zero-order chi connectivity index (χ0) is 17.1. The first-order valence-electron chi connectivity index (χ1n) is 8.73. The summed E-state index contributed by atoms with van der Waals surface area (Å²) in [5.41, 5.74) is 9.67. The summed E-state index contributed by atoms with van der Waals surface area (Å²) in [4.78, 5) is 0. The summed E-state index contributed by atoms with van der Waals surface area (Å²) in [6.07, 6.45) is 1.05. The number of rotatable bonds is 4. The van der Waals surface area contributed by atoms with Gasteiger partial charge in [0.1, 0.15) is 0 Å². The van der Waals surface area contributed by atoms with Gasteiger partial charge in [-0.3, -0.25) is 0 Å². The highest BCUT2D eigenvalue weighted by atomic mass is 14.2. The summed E-state index contributed by atoms with van der Waals surface area (Å²) in [6, 6.07) is 24.6. The number of hydrogen-bond donors (Lipinski definition) is 0. The maximum Gasteiger partial charge on any atom is 0.0130 e. The van der Waals surface area contributed by atoms with Crippen molar-refractivity contribution >= 4 is 0 Å². The van der Waals surface area contributed by atoms with E-state index in [0.29, 0.717) is 5.92 Å². The minimum atomic E-state index is 0.394. The fourth-order valence-electron chi connectivity index (χ4n) is 3.40. The Balaban J connectivity index is 2.04. The summed E-state index contributed by atoms with van der Waals surface area (Å²) >= 11 is 0. The Hall–Kier alpha value is -2.34. The summed E-state index contributed by atoms with van der Waals surface area (Å²) in [7, 11) is 0. The van der Waals surface area contributed by atoms with Crippen molar-refractivity contribution in [2.45, 2.75) is 40.0 Å². The maximum atomic E-state index is 2.29. The third kappa shape index (κ3) is 3.59. The molecule has 0 atom stereocenters. The minimum absolute atomic E-state index is 0.394. The van der Waals surface area contributed by atoms with Gasteiger partial charge >= 0.3 is 0 Å². The van der Waals surface area contributed by atoms with Gasteiger partial charge in [0.25, 0.3) is 0 Å². The lowest BCUT2D eigenvalue weighted by Crippen LogP contribution is -2.08.